The number of amides is 1. The van der Waals surface area contributed by atoms with E-state index in [0.717, 1.165) is 30.3 Å². The summed E-state index contributed by atoms with van der Waals surface area (Å²) in [7, 11) is 0. The monoisotopic (exact) mass is 417 g/mol. The molecule has 2 aromatic rings. The van der Waals surface area contributed by atoms with E-state index in [9.17, 15) is 4.79 Å². The van der Waals surface area contributed by atoms with Gasteiger partial charge in [0, 0.05) is 25.2 Å². The van der Waals surface area contributed by atoms with Crippen molar-refractivity contribution in [2.24, 2.45) is 0 Å². The fourth-order valence-corrected chi connectivity index (χ4v) is 3.32. The Morgan fingerprint density at radius 3 is 2.57 bits per heavy atom. The molecule has 1 aliphatic rings. The molecule has 0 unspecified atom stereocenters. The van der Waals surface area contributed by atoms with Gasteiger partial charge in [0.1, 0.15) is 17.3 Å². The van der Waals surface area contributed by atoms with Gasteiger partial charge in [0.05, 0.1) is 56.7 Å². The topological polar surface area (TPSA) is 85.2 Å². The van der Waals surface area contributed by atoms with Crippen molar-refractivity contribution in [2.75, 3.05) is 56.3 Å². The van der Waals surface area contributed by atoms with Crippen LogP contribution in [-0.2, 0) is 9.53 Å². The number of benzene rings is 1. The Bertz CT molecular complexity index is 803. The number of morpholine rings is 1. The summed E-state index contributed by atoms with van der Waals surface area (Å²) in [5.41, 5.74) is 1.54. The average molecular weight is 418 g/mol. The molecule has 3 rings (SSSR count). The Kier molecular flexibility index (Phi) is 7.98. The lowest BCUT2D eigenvalue weighted by molar-refractivity contribution is -0.115. The van der Waals surface area contributed by atoms with Crippen LogP contribution in [0.1, 0.15) is 32.6 Å². The number of furan rings is 1. The Morgan fingerprint density at radius 2 is 1.90 bits per heavy atom. The quantitative estimate of drug-likeness (QED) is 0.614. The van der Waals surface area contributed by atoms with Crippen molar-refractivity contribution in [3.63, 3.8) is 0 Å². The summed E-state index contributed by atoms with van der Waals surface area (Å²) in [6, 6.07) is 7.41. The summed E-state index contributed by atoms with van der Waals surface area (Å²) in [5.74, 6) is 1.95. The summed E-state index contributed by atoms with van der Waals surface area (Å²) in [6.45, 7) is 9.89. The molecular weight excluding hydrogens is 386 g/mol. The molecule has 30 heavy (non-hydrogen) atoms. The molecule has 1 saturated heterocycles. The SMILES string of the molecule is CCOc1cc(N2CCOCC2)c(OCC)cc1NC(=O)CN[C@H](C)c1ccco1. The van der Waals surface area contributed by atoms with Crippen molar-refractivity contribution in [2.45, 2.75) is 26.8 Å². The molecule has 8 nitrogen and oxygen atoms in total. The Balaban J connectivity index is 1.74. The number of nitrogens with zero attached hydrogens (tertiary/aromatic N) is 1. The predicted octanol–water partition coefficient (Wildman–Crippen LogP) is 3.20. The second-order valence-corrected chi connectivity index (χ2v) is 6.95. The third kappa shape index (κ3) is 5.67. The minimum absolute atomic E-state index is 0.0696. The highest BCUT2D eigenvalue weighted by molar-refractivity contribution is 5.94. The lowest BCUT2D eigenvalue weighted by atomic mass is 10.2. The second kappa shape index (κ2) is 10.9. The van der Waals surface area contributed by atoms with Crippen molar-refractivity contribution in [3.05, 3.63) is 36.3 Å². The summed E-state index contributed by atoms with van der Waals surface area (Å²) in [6.07, 6.45) is 1.62. The van der Waals surface area contributed by atoms with Crippen LogP contribution in [-0.4, -0.2) is 52.0 Å². The molecule has 164 valence electrons. The average Bonchev–Trinajstić information content (AvgIpc) is 3.30. The van der Waals surface area contributed by atoms with Gasteiger partial charge in [-0.25, -0.2) is 0 Å². The van der Waals surface area contributed by atoms with Gasteiger partial charge in [-0.3, -0.25) is 10.1 Å². The number of rotatable bonds is 10. The number of hydrogen-bond acceptors (Lipinski definition) is 7. The van der Waals surface area contributed by atoms with E-state index in [1.54, 1.807) is 6.26 Å². The summed E-state index contributed by atoms with van der Waals surface area (Å²) in [4.78, 5) is 14.8. The predicted molar refractivity (Wildman–Crippen MR) is 116 cm³/mol. The van der Waals surface area contributed by atoms with Crippen LogP contribution in [0.25, 0.3) is 0 Å². The number of carbonyl (C=O) groups excluding carboxylic acids is 1. The first-order valence-corrected chi connectivity index (χ1v) is 10.4. The molecule has 0 aliphatic carbocycles. The maximum Gasteiger partial charge on any atom is 0.238 e. The van der Waals surface area contributed by atoms with E-state index in [2.05, 4.69) is 15.5 Å². The lowest BCUT2D eigenvalue weighted by Gasteiger charge is -2.31. The number of anilines is 2. The third-order valence-corrected chi connectivity index (χ3v) is 4.83. The standard InChI is InChI=1S/C22H31N3O5/c1-4-28-20-14-18(25-8-11-27-12-9-25)21(29-5-2)13-17(20)24-22(26)15-23-16(3)19-7-6-10-30-19/h6-7,10,13-14,16,23H,4-5,8-9,11-12,15H2,1-3H3,(H,24,26)/t16-/m1/s1. The molecule has 1 aromatic heterocycles. The van der Waals surface area contributed by atoms with Crippen LogP contribution in [0.3, 0.4) is 0 Å². The number of hydrogen-bond donors (Lipinski definition) is 2. The van der Waals surface area contributed by atoms with Gasteiger partial charge >= 0.3 is 0 Å². The maximum atomic E-state index is 12.6. The van der Waals surface area contributed by atoms with Crippen LogP contribution in [0.5, 0.6) is 11.5 Å². The van der Waals surface area contributed by atoms with Crippen LogP contribution in [0.2, 0.25) is 0 Å². The Labute approximate surface area is 177 Å². The van der Waals surface area contributed by atoms with Crippen molar-refractivity contribution in [3.8, 4) is 11.5 Å². The fraction of sp³-hybridized carbons (Fsp3) is 0.500. The van der Waals surface area contributed by atoms with Crippen LogP contribution >= 0.6 is 0 Å². The summed E-state index contributed by atoms with van der Waals surface area (Å²) in [5, 5.41) is 6.10. The zero-order valence-corrected chi connectivity index (χ0v) is 17.9. The van der Waals surface area contributed by atoms with Gasteiger partial charge < -0.3 is 28.8 Å². The van der Waals surface area contributed by atoms with E-state index < -0.39 is 0 Å². The molecule has 0 saturated carbocycles. The van der Waals surface area contributed by atoms with E-state index in [-0.39, 0.29) is 18.5 Å². The van der Waals surface area contributed by atoms with Crippen molar-refractivity contribution in [1.29, 1.82) is 0 Å². The molecule has 2 heterocycles. The van der Waals surface area contributed by atoms with Crippen LogP contribution in [0.4, 0.5) is 11.4 Å². The first-order valence-electron chi connectivity index (χ1n) is 10.4. The third-order valence-electron chi connectivity index (χ3n) is 4.83. The van der Waals surface area contributed by atoms with Gasteiger partial charge in [-0.2, -0.15) is 0 Å². The molecule has 0 bridgehead atoms. The molecule has 2 N–H and O–H groups in total. The minimum atomic E-state index is -0.170. The Hall–Kier alpha value is -2.71. The maximum absolute atomic E-state index is 12.6. The number of nitrogens with one attached hydrogen (secondary N) is 2. The van der Waals surface area contributed by atoms with E-state index in [1.165, 1.54) is 0 Å². The highest BCUT2D eigenvalue weighted by Crippen LogP contribution is 2.39. The molecule has 1 atom stereocenters. The smallest absolute Gasteiger partial charge is 0.238 e. The van der Waals surface area contributed by atoms with Crippen LogP contribution in [0.15, 0.2) is 34.9 Å². The number of carbonyl (C=O) groups is 1. The van der Waals surface area contributed by atoms with E-state index in [0.29, 0.717) is 37.9 Å². The van der Waals surface area contributed by atoms with E-state index >= 15 is 0 Å². The molecule has 1 aliphatic heterocycles. The normalized spacial score (nSPS) is 15.0. The van der Waals surface area contributed by atoms with Crippen molar-refractivity contribution in [1.82, 2.24) is 5.32 Å². The summed E-state index contributed by atoms with van der Waals surface area (Å²) < 4.78 is 22.5. The first kappa shape index (κ1) is 22.0. The van der Waals surface area contributed by atoms with Gasteiger partial charge in [0.15, 0.2) is 0 Å². The van der Waals surface area contributed by atoms with Crippen LogP contribution in [0, 0.1) is 0 Å². The molecule has 0 radical (unpaired) electrons. The zero-order valence-electron chi connectivity index (χ0n) is 17.9. The van der Waals surface area contributed by atoms with Gasteiger partial charge in [-0.05, 0) is 32.9 Å². The first-order chi connectivity index (χ1) is 14.6. The van der Waals surface area contributed by atoms with Gasteiger partial charge in [-0.15, -0.1) is 0 Å². The highest BCUT2D eigenvalue weighted by atomic mass is 16.5. The van der Waals surface area contributed by atoms with E-state index in [1.807, 2.05) is 45.0 Å². The second-order valence-electron chi connectivity index (χ2n) is 6.95. The Morgan fingerprint density at radius 1 is 1.17 bits per heavy atom. The van der Waals surface area contributed by atoms with Crippen molar-refractivity contribution < 1.29 is 23.4 Å². The zero-order chi connectivity index (χ0) is 21.3. The molecular formula is C22H31N3O5. The largest absolute Gasteiger partial charge is 0.492 e. The van der Waals surface area contributed by atoms with Crippen LogP contribution < -0.4 is 25.0 Å². The number of ether oxygens (including phenoxy) is 3. The molecule has 1 amide bonds. The minimum Gasteiger partial charge on any atom is -0.492 e. The summed E-state index contributed by atoms with van der Waals surface area (Å²) >= 11 is 0. The highest BCUT2D eigenvalue weighted by Gasteiger charge is 2.20. The van der Waals surface area contributed by atoms with Crippen molar-refractivity contribution >= 4 is 17.3 Å². The van der Waals surface area contributed by atoms with Gasteiger partial charge in [-0.1, -0.05) is 0 Å². The molecule has 1 fully saturated rings. The van der Waals surface area contributed by atoms with Gasteiger partial charge in [0.25, 0.3) is 0 Å². The van der Waals surface area contributed by atoms with Gasteiger partial charge in [0.2, 0.25) is 5.91 Å². The fourth-order valence-electron chi connectivity index (χ4n) is 3.32. The lowest BCUT2D eigenvalue weighted by Crippen LogP contribution is -2.36. The molecule has 0 spiro atoms. The molecule has 8 heteroatoms. The molecule has 1 aromatic carbocycles. The van der Waals surface area contributed by atoms with E-state index in [4.69, 9.17) is 18.6 Å².